The van der Waals surface area contributed by atoms with Crippen molar-refractivity contribution in [2.75, 3.05) is 0 Å². The lowest BCUT2D eigenvalue weighted by Gasteiger charge is -2.40. The second kappa shape index (κ2) is 3.73. The Bertz CT molecular complexity index is 147. The molecule has 12 heavy (non-hydrogen) atoms. The molecule has 0 spiro atoms. The minimum Gasteiger partial charge on any atom is -0.391 e. The molecule has 0 bridgehead atoms. The molecule has 3 heteroatoms. The van der Waals surface area contributed by atoms with Gasteiger partial charge in [0.25, 0.3) is 0 Å². The van der Waals surface area contributed by atoms with E-state index in [1.807, 2.05) is 13.8 Å². The molecule has 0 aromatic carbocycles. The van der Waals surface area contributed by atoms with Crippen LogP contribution in [0.4, 0.5) is 0 Å². The van der Waals surface area contributed by atoms with Crippen LogP contribution in [0.2, 0.25) is 0 Å². The summed E-state index contributed by atoms with van der Waals surface area (Å²) in [7, 11) is 0. The van der Waals surface area contributed by atoms with E-state index in [9.17, 15) is 5.11 Å². The molecule has 1 fully saturated rings. The minimum absolute atomic E-state index is 0.0267. The van der Waals surface area contributed by atoms with Gasteiger partial charge in [0.15, 0.2) is 0 Å². The molecular weight excluding hydrogens is 154 g/mol. The average Bonchev–Trinajstić information content (AvgIpc) is 2.08. The van der Waals surface area contributed by atoms with E-state index >= 15 is 0 Å². The molecule has 0 aromatic rings. The number of hydrogen-bond acceptors (Lipinski definition) is 3. The standard InChI is InChI=1S/C9H19NO2/c1-4-7-5(2)9(11)8(10)6(3)12-7/h5-9,11H,4,10H2,1-3H3. The van der Waals surface area contributed by atoms with Crippen molar-refractivity contribution < 1.29 is 9.84 Å². The summed E-state index contributed by atoms with van der Waals surface area (Å²) in [5.74, 6) is 0.154. The van der Waals surface area contributed by atoms with Crippen molar-refractivity contribution in [1.29, 1.82) is 0 Å². The van der Waals surface area contributed by atoms with Crippen LogP contribution in [-0.2, 0) is 4.74 Å². The fourth-order valence-electron chi connectivity index (χ4n) is 1.81. The molecular formula is C9H19NO2. The number of hydrogen-bond donors (Lipinski definition) is 2. The Morgan fingerprint density at radius 1 is 1.42 bits per heavy atom. The Kier molecular flexibility index (Phi) is 3.09. The van der Waals surface area contributed by atoms with Crippen molar-refractivity contribution in [2.45, 2.75) is 51.5 Å². The monoisotopic (exact) mass is 173 g/mol. The lowest BCUT2D eigenvalue weighted by atomic mass is 9.86. The van der Waals surface area contributed by atoms with Gasteiger partial charge in [0.2, 0.25) is 0 Å². The summed E-state index contributed by atoms with van der Waals surface area (Å²) < 4.78 is 5.65. The number of aliphatic hydroxyl groups is 1. The molecule has 5 atom stereocenters. The molecule has 0 radical (unpaired) electrons. The van der Waals surface area contributed by atoms with E-state index in [1.54, 1.807) is 0 Å². The fourth-order valence-corrected chi connectivity index (χ4v) is 1.81. The summed E-state index contributed by atoms with van der Waals surface area (Å²) in [6.07, 6.45) is 0.657. The van der Waals surface area contributed by atoms with Crippen molar-refractivity contribution in [3.63, 3.8) is 0 Å². The third kappa shape index (κ3) is 1.63. The van der Waals surface area contributed by atoms with Gasteiger partial charge in [-0.3, -0.25) is 0 Å². The van der Waals surface area contributed by atoms with Crippen LogP contribution in [0.3, 0.4) is 0 Å². The van der Waals surface area contributed by atoms with Gasteiger partial charge in [0.05, 0.1) is 24.4 Å². The zero-order valence-corrected chi connectivity index (χ0v) is 8.03. The third-order valence-corrected chi connectivity index (χ3v) is 2.85. The first-order chi connectivity index (χ1) is 5.57. The van der Waals surface area contributed by atoms with Crippen molar-refractivity contribution in [1.82, 2.24) is 0 Å². The van der Waals surface area contributed by atoms with E-state index in [0.29, 0.717) is 0 Å². The van der Waals surface area contributed by atoms with E-state index in [2.05, 4.69) is 6.92 Å². The van der Waals surface area contributed by atoms with Gasteiger partial charge in [-0.2, -0.15) is 0 Å². The van der Waals surface area contributed by atoms with Gasteiger partial charge < -0.3 is 15.6 Å². The minimum atomic E-state index is -0.418. The summed E-state index contributed by atoms with van der Waals surface area (Å²) in [5.41, 5.74) is 5.75. The van der Waals surface area contributed by atoms with E-state index in [-0.39, 0.29) is 24.2 Å². The number of aliphatic hydroxyl groups excluding tert-OH is 1. The van der Waals surface area contributed by atoms with Gasteiger partial charge in [-0.05, 0) is 13.3 Å². The number of rotatable bonds is 1. The first kappa shape index (κ1) is 9.96. The van der Waals surface area contributed by atoms with Gasteiger partial charge in [-0.15, -0.1) is 0 Å². The maximum atomic E-state index is 9.71. The van der Waals surface area contributed by atoms with Crippen LogP contribution in [0.1, 0.15) is 27.2 Å². The lowest BCUT2D eigenvalue weighted by Crippen LogP contribution is -2.56. The van der Waals surface area contributed by atoms with Crippen molar-refractivity contribution in [3.8, 4) is 0 Å². The maximum absolute atomic E-state index is 9.71. The molecule has 0 aliphatic carbocycles. The van der Waals surface area contributed by atoms with Gasteiger partial charge in [-0.25, -0.2) is 0 Å². The lowest BCUT2D eigenvalue weighted by molar-refractivity contribution is -0.136. The third-order valence-electron chi connectivity index (χ3n) is 2.85. The Labute approximate surface area is 73.9 Å². The van der Waals surface area contributed by atoms with Crippen molar-refractivity contribution in [3.05, 3.63) is 0 Å². The van der Waals surface area contributed by atoms with Crippen molar-refractivity contribution >= 4 is 0 Å². The summed E-state index contributed by atoms with van der Waals surface area (Å²) in [4.78, 5) is 0. The quantitative estimate of drug-likeness (QED) is 0.607. The highest BCUT2D eigenvalue weighted by Crippen LogP contribution is 2.26. The summed E-state index contributed by atoms with van der Waals surface area (Å²) >= 11 is 0. The molecule has 5 unspecified atom stereocenters. The Morgan fingerprint density at radius 2 is 2.00 bits per heavy atom. The molecule has 1 aliphatic heterocycles. The molecule has 1 rings (SSSR count). The molecule has 0 amide bonds. The zero-order valence-electron chi connectivity index (χ0n) is 8.03. The van der Waals surface area contributed by atoms with Gasteiger partial charge in [0.1, 0.15) is 0 Å². The van der Waals surface area contributed by atoms with Gasteiger partial charge >= 0.3 is 0 Å². The first-order valence-electron chi connectivity index (χ1n) is 4.67. The first-order valence-corrected chi connectivity index (χ1v) is 4.67. The molecule has 0 aromatic heterocycles. The van der Waals surface area contributed by atoms with Crippen LogP contribution < -0.4 is 5.73 Å². The molecule has 1 saturated heterocycles. The molecule has 3 N–H and O–H groups in total. The summed E-state index contributed by atoms with van der Waals surface area (Å²) in [6.45, 7) is 5.98. The van der Waals surface area contributed by atoms with E-state index in [1.165, 1.54) is 0 Å². The predicted octanol–water partition coefficient (Wildman–Crippen LogP) is 0.508. The zero-order chi connectivity index (χ0) is 9.30. The highest BCUT2D eigenvalue weighted by molar-refractivity contribution is 4.90. The Morgan fingerprint density at radius 3 is 2.50 bits per heavy atom. The largest absolute Gasteiger partial charge is 0.391 e. The smallest absolute Gasteiger partial charge is 0.0766 e. The maximum Gasteiger partial charge on any atom is 0.0766 e. The summed E-state index contributed by atoms with van der Waals surface area (Å²) in [6, 6.07) is -0.234. The van der Waals surface area contributed by atoms with Crippen LogP contribution in [0.15, 0.2) is 0 Å². The highest BCUT2D eigenvalue weighted by Gasteiger charge is 2.37. The summed E-state index contributed by atoms with van der Waals surface area (Å²) in [5, 5.41) is 9.71. The SMILES string of the molecule is CCC1OC(C)C(N)C(O)C1C. The van der Waals surface area contributed by atoms with Gasteiger partial charge in [0, 0.05) is 5.92 Å². The van der Waals surface area contributed by atoms with E-state index in [0.717, 1.165) is 6.42 Å². The second-order valence-electron chi connectivity index (χ2n) is 3.71. The van der Waals surface area contributed by atoms with Crippen LogP contribution >= 0.6 is 0 Å². The molecule has 1 heterocycles. The topological polar surface area (TPSA) is 55.5 Å². The van der Waals surface area contributed by atoms with Crippen LogP contribution in [-0.4, -0.2) is 29.5 Å². The van der Waals surface area contributed by atoms with Crippen LogP contribution in [0, 0.1) is 5.92 Å². The average molecular weight is 173 g/mol. The molecule has 3 nitrogen and oxygen atoms in total. The van der Waals surface area contributed by atoms with Crippen molar-refractivity contribution in [2.24, 2.45) is 11.7 Å². The molecule has 1 aliphatic rings. The fraction of sp³-hybridized carbons (Fsp3) is 1.00. The number of ether oxygens (including phenoxy) is 1. The van der Waals surface area contributed by atoms with E-state index < -0.39 is 6.10 Å². The predicted molar refractivity (Wildman–Crippen MR) is 47.8 cm³/mol. The second-order valence-corrected chi connectivity index (χ2v) is 3.71. The highest BCUT2D eigenvalue weighted by atomic mass is 16.5. The number of nitrogens with two attached hydrogens (primary N) is 1. The molecule has 72 valence electrons. The Balaban J connectivity index is 2.63. The van der Waals surface area contributed by atoms with Crippen LogP contribution in [0.5, 0.6) is 0 Å². The Hall–Kier alpha value is -0.120. The van der Waals surface area contributed by atoms with Crippen LogP contribution in [0.25, 0.3) is 0 Å². The normalized spacial score (nSPS) is 49.2. The molecule has 0 saturated carbocycles. The van der Waals surface area contributed by atoms with Gasteiger partial charge in [-0.1, -0.05) is 13.8 Å². The van der Waals surface area contributed by atoms with E-state index in [4.69, 9.17) is 10.5 Å².